The highest BCUT2D eigenvalue weighted by Crippen LogP contribution is 2.21. The van der Waals surface area contributed by atoms with E-state index in [2.05, 4.69) is 22.3 Å². The Balaban J connectivity index is 2.09. The van der Waals surface area contributed by atoms with E-state index >= 15 is 0 Å². The second kappa shape index (κ2) is 4.02. The quantitative estimate of drug-likeness (QED) is 0.867. The number of anilines is 1. The Morgan fingerprint density at radius 1 is 1.53 bits per heavy atom. The molecule has 5 heteroatoms. The molecule has 0 saturated heterocycles. The summed E-state index contributed by atoms with van der Waals surface area (Å²) in [5.41, 5.74) is 2.99. The first-order valence-corrected chi connectivity index (χ1v) is 5.70. The minimum Gasteiger partial charge on any atom is -0.361 e. The van der Waals surface area contributed by atoms with Crippen molar-refractivity contribution >= 4 is 17.2 Å². The predicted molar refractivity (Wildman–Crippen MR) is 62.1 cm³/mol. The third-order valence-electron chi connectivity index (χ3n) is 2.36. The number of thiazole rings is 1. The summed E-state index contributed by atoms with van der Waals surface area (Å²) in [5, 5.41) is 7.69. The Morgan fingerprint density at radius 2 is 2.33 bits per heavy atom. The van der Waals surface area contributed by atoms with Gasteiger partial charge in [0.05, 0.1) is 11.6 Å². The fourth-order valence-corrected chi connectivity index (χ4v) is 1.99. The molecule has 2 aromatic heterocycles. The van der Waals surface area contributed by atoms with Gasteiger partial charge in [-0.2, -0.15) is 5.10 Å². The summed E-state index contributed by atoms with van der Waals surface area (Å²) >= 11 is 1.65. The van der Waals surface area contributed by atoms with E-state index in [-0.39, 0.29) is 6.04 Å². The van der Waals surface area contributed by atoms with Crippen molar-refractivity contribution < 1.29 is 0 Å². The van der Waals surface area contributed by atoms with Gasteiger partial charge in [0.25, 0.3) is 0 Å². The van der Waals surface area contributed by atoms with Gasteiger partial charge in [-0.3, -0.25) is 9.67 Å². The monoisotopic (exact) mass is 222 g/mol. The molecule has 1 unspecified atom stereocenters. The molecule has 0 fully saturated rings. The molecule has 2 aromatic rings. The molecule has 2 heterocycles. The summed E-state index contributed by atoms with van der Waals surface area (Å²) in [6.07, 6.45) is 1.89. The van der Waals surface area contributed by atoms with E-state index in [1.165, 1.54) is 4.88 Å². The molecule has 0 aromatic carbocycles. The maximum atomic E-state index is 4.35. The zero-order chi connectivity index (χ0) is 10.8. The van der Waals surface area contributed by atoms with Gasteiger partial charge in [-0.15, -0.1) is 11.3 Å². The van der Waals surface area contributed by atoms with E-state index in [4.69, 9.17) is 0 Å². The molecule has 4 nitrogen and oxygen atoms in total. The van der Waals surface area contributed by atoms with Crippen molar-refractivity contribution in [2.45, 2.75) is 19.9 Å². The van der Waals surface area contributed by atoms with E-state index < -0.39 is 0 Å². The Hall–Kier alpha value is -1.36. The number of aromatic nitrogens is 3. The molecule has 0 aliphatic carbocycles. The zero-order valence-electron chi connectivity index (χ0n) is 9.06. The van der Waals surface area contributed by atoms with Crippen LogP contribution in [0.5, 0.6) is 0 Å². The summed E-state index contributed by atoms with van der Waals surface area (Å²) in [6.45, 7) is 4.15. The summed E-state index contributed by atoms with van der Waals surface area (Å²) in [6, 6.07) is 2.30. The molecule has 1 atom stereocenters. The lowest BCUT2D eigenvalue weighted by Gasteiger charge is -2.09. The lowest BCUT2D eigenvalue weighted by atomic mass is 10.3. The minimum absolute atomic E-state index is 0.256. The summed E-state index contributed by atoms with van der Waals surface area (Å²) in [4.78, 5) is 5.28. The van der Waals surface area contributed by atoms with Crippen molar-refractivity contribution in [3.8, 4) is 0 Å². The fourth-order valence-electron chi connectivity index (χ4n) is 1.36. The second-order valence-electron chi connectivity index (χ2n) is 3.56. The molecular formula is C10H14N4S. The number of nitrogens with zero attached hydrogens (tertiary/aromatic N) is 3. The largest absolute Gasteiger partial charge is 0.361 e. The van der Waals surface area contributed by atoms with Crippen molar-refractivity contribution in [2.24, 2.45) is 7.05 Å². The van der Waals surface area contributed by atoms with Crippen LogP contribution in [0.1, 0.15) is 23.5 Å². The first-order valence-electron chi connectivity index (χ1n) is 4.82. The van der Waals surface area contributed by atoms with Gasteiger partial charge < -0.3 is 5.32 Å². The topological polar surface area (TPSA) is 42.7 Å². The highest BCUT2D eigenvalue weighted by molar-refractivity contribution is 7.09. The van der Waals surface area contributed by atoms with Crippen LogP contribution in [0.2, 0.25) is 0 Å². The maximum Gasteiger partial charge on any atom is 0.148 e. The van der Waals surface area contributed by atoms with Crippen LogP contribution in [0.4, 0.5) is 5.82 Å². The molecule has 0 aliphatic rings. The Labute approximate surface area is 93.0 Å². The standard InChI is InChI=1S/C10H14N4S/c1-7-4-10(13-14(7)3)12-8(2)9-5-11-6-15-9/h4-6,8H,1-3H3,(H,12,13). The number of nitrogens with one attached hydrogen (secondary N) is 1. The molecule has 15 heavy (non-hydrogen) atoms. The van der Waals surface area contributed by atoms with Crippen LogP contribution in [-0.4, -0.2) is 14.8 Å². The zero-order valence-corrected chi connectivity index (χ0v) is 9.88. The SMILES string of the molecule is Cc1cc(NC(C)c2cncs2)nn1C. The Kier molecular flexibility index (Phi) is 2.73. The van der Waals surface area contributed by atoms with Crippen LogP contribution in [0.25, 0.3) is 0 Å². The average molecular weight is 222 g/mol. The van der Waals surface area contributed by atoms with Crippen LogP contribution in [0.15, 0.2) is 17.8 Å². The lowest BCUT2D eigenvalue weighted by Crippen LogP contribution is -2.05. The summed E-state index contributed by atoms with van der Waals surface area (Å²) in [5.74, 6) is 0.913. The molecule has 2 rings (SSSR count). The second-order valence-corrected chi connectivity index (χ2v) is 4.48. The molecular weight excluding hydrogens is 208 g/mol. The van der Waals surface area contributed by atoms with E-state index in [1.807, 2.05) is 36.4 Å². The van der Waals surface area contributed by atoms with Gasteiger partial charge in [-0.25, -0.2) is 0 Å². The van der Waals surface area contributed by atoms with Gasteiger partial charge in [0, 0.05) is 29.9 Å². The highest BCUT2D eigenvalue weighted by atomic mass is 32.1. The van der Waals surface area contributed by atoms with Gasteiger partial charge in [-0.05, 0) is 13.8 Å². The molecule has 0 radical (unpaired) electrons. The molecule has 0 spiro atoms. The highest BCUT2D eigenvalue weighted by Gasteiger charge is 2.08. The third-order valence-corrected chi connectivity index (χ3v) is 3.31. The maximum absolute atomic E-state index is 4.35. The van der Waals surface area contributed by atoms with E-state index in [0.717, 1.165) is 11.5 Å². The summed E-state index contributed by atoms with van der Waals surface area (Å²) < 4.78 is 1.86. The first-order chi connectivity index (χ1) is 7.16. The van der Waals surface area contributed by atoms with Gasteiger partial charge in [0.2, 0.25) is 0 Å². The molecule has 0 amide bonds. The first kappa shape index (κ1) is 10.2. The molecule has 80 valence electrons. The van der Waals surface area contributed by atoms with Gasteiger partial charge in [-0.1, -0.05) is 0 Å². The number of hydrogen-bond acceptors (Lipinski definition) is 4. The van der Waals surface area contributed by atoms with Crippen molar-refractivity contribution in [3.63, 3.8) is 0 Å². The average Bonchev–Trinajstić information content (AvgIpc) is 2.77. The molecule has 0 bridgehead atoms. The third kappa shape index (κ3) is 2.18. The van der Waals surface area contributed by atoms with Crippen LogP contribution in [-0.2, 0) is 7.05 Å². The van der Waals surface area contributed by atoms with Gasteiger partial charge in [0.1, 0.15) is 5.82 Å². The smallest absolute Gasteiger partial charge is 0.148 e. The van der Waals surface area contributed by atoms with Crippen molar-refractivity contribution in [1.82, 2.24) is 14.8 Å². The van der Waals surface area contributed by atoms with Crippen LogP contribution in [0.3, 0.4) is 0 Å². The van der Waals surface area contributed by atoms with Crippen molar-refractivity contribution in [3.05, 3.63) is 28.3 Å². The van der Waals surface area contributed by atoms with Crippen LogP contribution in [0, 0.1) is 6.92 Å². The lowest BCUT2D eigenvalue weighted by molar-refractivity contribution is 0.736. The van der Waals surface area contributed by atoms with Gasteiger partial charge >= 0.3 is 0 Å². The molecule has 1 N–H and O–H groups in total. The van der Waals surface area contributed by atoms with Crippen LogP contribution < -0.4 is 5.32 Å². The predicted octanol–water partition coefficient (Wildman–Crippen LogP) is 2.36. The minimum atomic E-state index is 0.256. The molecule has 0 aliphatic heterocycles. The molecule has 0 saturated carbocycles. The van der Waals surface area contributed by atoms with E-state index in [0.29, 0.717) is 0 Å². The normalized spacial score (nSPS) is 12.7. The van der Waals surface area contributed by atoms with Gasteiger partial charge in [0.15, 0.2) is 0 Å². The Morgan fingerprint density at radius 3 is 2.87 bits per heavy atom. The number of rotatable bonds is 3. The number of hydrogen-bond donors (Lipinski definition) is 1. The summed E-state index contributed by atoms with van der Waals surface area (Å²) in [7, 11) is 1.94. The fraction of sp³-hybridized carbons (Fsp3) is 0.400. The van der Waals surface area contributed by atoms with E-state index in [9.17, 15) is 0 Å². The van der Waals surface area contributed by atoms with Crippen molar-refractivity contribution in [1.29, 1.82) is 0 Å². The van der Waals surface area contributed by atoms with Crippen molar-refractivity contribution in [2.75, 3.05) is 5.32 Å². The van der Waals surface area contributed by atoms with E-state index in [1.54, 1.807) is 11.3 Å². The van der Waals surface area contributed by atoms with Crippen LogP contribution >= 0.6 is 11.3 Å². The Bertz CT molecular complexity index is 413. The number of aryl methyl sites for hydroxylation is 2.